The lowest BCUT2D eigenvalue weighted by molar-refractivity contribution is -0.135. The Morgan fingerprint density at radius 2 is 1.12 bits per heavy atom. The molecule has 3 aromatic carbocycles. The Morgan fingerprint density at radius 3 is 1.60 bits per heavy atom. The van der Waals surface area contributed by atoms with Crippen molar-refractivity contribution in [2.24, 2.45) is 0 Å². The number of carbonyl (C=O) groups excluding carboxylic acids is 4. The average molecular weight is 585 g/mol. The molecule has 0 unspecified atom stereocenters. The van der Waals surface area contributed by atoms with Gasteiger partial charge in [0.2, 0.25) is 0 Å². The van der Waals surface area contributed by atoms with Gasteiger partial charge in [-0.15, -0.1) is 0 Å². The monoisotopic (exact) mass is 584 g/mol. The molecule has 0 bridgehead atoms. The normalized spacial score (nSPS) is 11.8. The van der Waals surface area contributed by atoms with Crippen molar-refractivity contribution in [3.05, 3.63) is 83.4 Å². The minimum atomic E-state index is -0.847. The molecule has 43 heavy (non-hydrogen) atoms. The van der Waals surface area contributed by atoms with E-state index in [9.17, 15) is 19.2 Å². The van der Waals surface area contributed by atoms with Crippen LogP contribution in [0.1, 0.15) is 106 Å². The van der Waals surface area contributed by atoms with Crippen LogP contribution in [0.15, 0.2) is 66.7 Å². The van der Waals surface area contributed by atoms with Crippen molar-refractivity contribution in [1.29, 1.82) is 0 Å². The molecule has 1 aliphatic rings. The molecule has 3 amide bonds. The molecule has 0 aromatic heterocycles. The second-order valence-electron chi connectivity index (χ2n) is 10.7. The number of unbranched alkanes of at least 4 members (excludes halogenated alkanes) is 6. The zero-order valence-corrected chi connectivity index (χ0v) is 24.9. The Morgan fingerprint density at radius 1 is 0.628 bits per heavy atom. The van der Waals surface area contributed by atoms with Crippen LogP contribution in [0.3, 0.4) is 0 Å². The number of ether oxygens (including phenoxy) is 2. The first kappa shape index (κ1) is 31.5. The summed E-state index contributed by atoms with van der Waals surface area (Å²) in [6.45, 7) is 4.17. The highest BCUT2D eigenvalue weighted by atomic mass is 16.5. The number of amides is 3. The van der Waals surface area contributed by atoms with Gasteiger partial charge < -0.3 is 14.8 Å². The predicted octanol–water partition coefficient (Wildman–Crippen LogP) is 7.65. The Hall–Kier alpha value is -4.46. The molecule has 8 heteroatoms. The zero-order chi connectivity index (χ0) is 30.6. The van der Waals surface area contributed by atoms with Gasteiger partial charge in [0, 0.05) is 12.8 Å². The topological polar surface area (TPSA) is 111 Å². The van der Waals surface area contributed by atoms with Crippen molar-refractivity contribution in [2.75, 3.05) is 0 Å². The van der Waals surface area contributed by atoms with Crippen molar-refractivity contribution in [1.82, 2.24) is 10.6 Å². The number of urea groups is 1. The van der Waals surface area contributed by atoms with Crippen LogP contribution in [0.2, 0.25) is 0 Å². The summed E-state index contributed by atoms with van der Waals surface area (Å²) in [7, 11) is 0. The lowest BCUT2D eigenvalue weighted by atomic mass is 10.1. The fourth-order valence-electron chi connectivity index (χ4n) is 5.29. The summed E-state index contributed by atoms with van der Waals surface area (Å²) >= 11 is 0. The van der Waals surface area contributed by atoms with Crippen molar-refractivity contribution in [2.45, 2.75) is 84.1 Å². The molecule has 2 N–H and O–H groups in total. The average Bonchev–Trinajstić information content (AvgIpc) is 3.31. The highest BCUT2D eigenvalue weighted by Crippen LogP contribution is 2.43. The third-order valence-corrected chi connectivity index (χ3v) is 7.47. The molecule has 0 spiro atoms. The number of imide groups is 1. The number of benzene rings is 3. The second kappa shape index (κ2) is 15.7. The van der Waals surface area contributed by atoms with Gasteiger partial charge in [0.05, 0.1) is 6.04 Å². The summed E-state index contributed by atoms with van der Waals surface area (Å²) in [5, 5.41) is 5.27. The Balaban J connectivity index is 1.52. The number of nitrogens with one attached hydrogen (secondary N) is 2. The van der Waals surface area contributed by atoms with Gasteiger partial charge in [-0.05, 0) is 47.2 Å². The molecule has 0 radical (unpaired) electrons. The van der Waals surface area contributed by atoms with E-state index in [1.54, 1.807) is 6.07 Å². The number of esters is 2. The van der Waals surface area contributed by atoms with Crippen LogP contribution in [-0.2, 0) is 9.59 Å². The number of fused-ring (bicyclic) bond motifs is 3. The SMILES string of the molecule is CCCCCCC(=O)Oc1cccc(OC(=O)CCCCCC)c1C(=O)NC(=O)NC1c2ccccc2-c2ccccc21. The molecule has 1 aliphatic carbocycles. The molecule has 3 aromatic rings. The van der Waals surface area contributed by atoms with Gasteiger partial charge in [0.1, 0.15) is 17.1 Å². The van der Waals surface area contributed by atoms with Gasteiger partial charge in [-0.3, -0.25) is 19.7 Å². The van der Waals surface area contributed by atoms with Gasteiger partial charge in [-0.2, -0.15) is 0 Å². The summed E-state index contributed by atoms with van der Waals surface area (Å²) in [4.78, 5) is 52.0. The minimum absolute atomic E-state index is 0.0707. The zero-order valence-electron chi connectivity index (χ0n) is 24.9. The molecule has 226 valence electrons. The van der Waals surface area contributed by atoms with E-state index in [2.05, 4.69) is 24.5 Å². The Labute approximate surface area is 253 Å². The van der Waals surface area contributed by atoms with Crippen LogP contribution >= 0.6 is 0 Å². The van der Waals surface area contributed by atoms with Crippen LogP contribution < -0.4 is 20.1 Å². The van der Waals surface area contributed by atoms with Crippen LogP contribution in [0.25, 0.3) is 11.1 Å². The molecule has 0 saturated carbocycles. The third kappa shape index (κ3) is 8.31. The van der Waals surface area contributed by atoms with E-state index < -0.39 is 29.9 Å². The Kier molecular flexibility index (Phi) is 11.5. The number of rotatable bonds is 14. The van der Waals surface area contributed by atoms with Crippen molar-refractivity contribution >= 4 is 23.9 Å². The first-order chi connectivity index (χ1) is 20.9. The van der Waals surface area contributed by atoms with Crippen molar-refractivity contribution in [3.63, 3.8) is 0 Å². The molecule has 4 rings (SSSR count). The number of carbonyl (C=O) groups is 4. The predicted molar refractivity (Wildman–Crippen MR) is 165 cm³/mol. The summed E-state index contributed by atoms with van der Waals surface area (Å²) in [6, 6.07) is 18.8. The van der Waals surface area contributed by atoms with E-state index in [4.69, 9.17) is 9.47 Å². The lowest BCUT2D eigenvalue weighted by Crippen LogP contribution is -2.41. The van der Waals surface area contributed by atoms with Crippen molar-refractivity contribution < 1.29 is 28.7 Å². The van der Waals surface area contributed by atoms with E-state index in [0.717, 1.165) is 60.8 Å². The first-order valence-corrected chi connectivity index (χ1v) is 15.3. The maximum absolute atomic E-state index is 13.6. The Bertz CT molecular complexity index is 1360. The smallest absolute Gasteiger partial charge is 0.322 e. The molecule has 0 heterocycles. The highest BCUT2D eigenvalue weighted by Gasteiger charge is 2.30. The van der Waals surface area contributed by atoms with E-state index >= 15 is 0 Å². The molecule has 8 nitrogen and oxygen atoms in total. The second-order valence-corrected chi connectivity index (χ2v) is 10.7. The standard InChI is InChI=1S/C35H40N2O6/c1-3-5-7-9-22-30(38)42-28-20-15-21-29(43-31(39)23-10-8-6-4-2)32(28)34(40)37-35(41)36-33-26-18-13-11-16-24(26)25-17-12-14-19-27(25)33/h11-21,33H,3-10,22-23H2,1-2H3,(H2,36,37,40,41). The minimum Gasteiger partial charge on any atom is -0.426 e. The molecule has 0 saturated heterocycles. The first-order valence-electron chi connectivity index (χ1n) is 15.3. The highest BCUT2D eigenvalue weighted by molar-refractivity contribution is 6.08. The van der Waals surface area contributed by atoms with E-state index in [1.807, 2.05) is 48.5 Å². The molecular weight excluding hydrogens is 544 g/mol. The van der Waals surface area contributed by atoms with Crippen LogP contribution in [0.4, 0.5) is 4.79 Å². The van der Waals surface area contributed by atoms with Crippen LogP contribution in [0.5, 0.6) is 11.5 Å². The van der Waals surface area contributed by atoms with Crippen LogP contribution in [-0.4, -0.2) is 23.9 Å². The number of hydrogen-bond donors (Lipinski definition) is 2. The van der Waals surface area contributed by atoms with E-state index in [1.165, 1.54) is 12.1 Å². The summed E-state index contributed by atoms with van der Waals surface area (Å²) in [5.74, 6) is -1.99. The van der Waals surface area contributed by atoms with Gasteiger partial charge in [0.15, 0.2) is 0 Å². The fraction of sp³-hybridized carbons (Fsp3) is 0.371. The van der Waals surface area contributed by atoms with Gasteiger partial charge in [0.25, 0.3) is 5.91 Å². The molecule has 0 atom stereocenters. The van der Waals surface area contributed by atoms with Crippen molar-refractivity contribution in [3.8, 4) is 22.6 Å². The molecule has 0 fully saturated rings. The quantitative estimate of drug-likeness (QED) is 0.114. The third-order valence-electron chi connectivity index (χ3n) is 7.47. The fourth-order valence-corrected chi connectivity index (χ4v) is 5.29. The maximum atomic E-state index is 13.6. The van der Waals surface area contributed by atoms with E-state index in [-0.39, 0.29) is 29.9 Å². The number of hydrogen-bond acceptors (Lipinski definition) is 6. The summed E-state index contributed by atoms with van der Waals surface area (Å²) in [6.07, 6.45) is 7.56. The van der Waals surface area contributed by atoms with Crippen LogP contribution in [0, 0.1) is 0 Å². The maximum Gasteiger partial charge on any atom is 0.322 e. The van der Waals surface area contributed by atoms with Gasteiger partial charge in [-0.1, -0.05) is 107 Å². The summed E-state index contributed by atoms with van der Waals surface area (Å²) in [5.41, 5.74) is 3.68. The molecular formula is C35H40N2O6. The largest absolute Gasteiger partial charge is 0.426 e. The van der Waals surface area contributed by atoms with Gasteiger partial charge >= 0.3 is 18.0 Å². The molecule has 0 aliphatic heterocycles. The summed E-state index contributed by atoms with van der Waals surface area (Å²) < 4.78 is 11.1. The lowest BCUT2D eigenvalue weighted by Gasteiger charge is -2.18. The van der Waals surface area contributed by atoms with Gasteiger partial charge in [-0.25, -0.2) is 4.79 Å². The van der Waals surface area contributed by atoms with E-state index in [0.29, 0.717) is 12.8 Å².